The highest BCUT2D eigenvalue weighted by Crippen LogP contribution is 2.29. The number of hydrogen-bond donors (Lipinski definition) is 0. The van der Waals surface area contributed by atoms with Gasteiger partial charge in [-0.05, 0) is 32.4 Å². The molecular formula is C18H19FN4O2. The number of aromatic nitrogens is 4. The Labute approximate surface area is 144 Å². The van der Waals surface area contributed by atoms with Crippen molar-refractivity contribution in [3.05, 3.63) is 42.5 Å². The van der Waals surface area contributed by atoms with Crippen LogP contribution >= 0.6 is 0 Å². The average molecular weight is 342 g/mol. The molecule has 130 valence electrons. The van der Waals surface area contributed by atoms with Crippen molar-refractivity contribution in [1.29, 1.82) is 0 Å². The summed E-state index contributed by atoms with van der Waals surface area (Å²) in [5, 5.41) is 0. The Bertz CT molecular complexity index is 907. The third-order valence-electron chi connectivity index (χ3n) is 3.86. The second kappa shape index (κ2) is 6.96. The molecule has 0 N–H and O–H groups in total. The summed E-state index contributed by atoms with van der Waals surface area (Å²) in [5.74, 6) is -0.892. The van der Waals surface area contributed by atoms with Gasteiger partial charge in [0.1, 0.15) is 17.5 Å². The van der Waals surface area contributed by atoms with Gasteiger partial charge < -0.3 is 9.30 Å². The molecule has 6 nitrogen and oxygen atoms in total. The van der Waals surface area contributed by atoms with E-state index in [1.165, 1.54) is 6.33 Å². The van der Waals surface area contributed by atoms with E-state index < -0.39 is 12.1 Å². The Balaban J connectivity index is 2.04. The quantitative estimate of drug-likeness (QED) is 0.662. The van der Waals surface area contributed by atoms with Gasteiger partial charge in [0.25, 0.3) is 0 Å². The van der Waals surface area contributed by atoms with Crippen molar-refractivity contribution < 1.29 is 13.9 Å². The summed E-state index contributed by atoms with van der Waals surface area (Å²) in [6.07, 6.45) is 1.35. The van der Waals surface area contributed by atoms with Crippen LogP contribution < -0.4 is 0 Å². The molecule has 1 atom stereocenters. The second-order valence-electron chi connectivity index (χ2n) is 5.88. The third-order valence-corrected chi connectivity index (χ3v) is 3.86. The molecule has 0 bridgehead atoms. The van der Waals surface area contributed by atoms with Crippen LogP contribution in [0.3, 0.4) is 0 Å². The van der Waals surface area contributed by atoms with Crippen molar-refractivity contribution in [3.8, 4) is 11.3 Å². The van der Waals surface area contributed by atoms with E-state index in [2.05, 4.69) is 15.0 Å². The Morgan fingerprint density at radius 3 is 2.80 bits per heavy atom. The number of benzene rings is 1. The van der Waals surface area contributed by atoms with Crippen molar-refractivity contribution in [3.63, 3.8) is 0 Å². The maximum Gasteiger partial charge on any atom is 0.345 e. The summed E-state index contributed by atoms with van der Waals surface area (Å²) in [6, 6.07) is 6.84. The van der Waals surface area contributed by atoms with Gasteiger partial charge >= 0.3 is 5.97 Å². The third kappa shape index (κ3) is 3.22. The number of hydrogen-bond acceptors (Lipinski definition) is 5. The number of ether oxygens (including phenoxy) is 1. The Hall–Kier alpha value is -2.83. The van der Waals surface area contributed by atoms with E-state index in [0.29, 0.717) is 22.4 Å². The molecule has 0 aliphatic carbocycles. The highest BCUT2D eigenvalue weighted by Gasteiger charge is 2.22. The highest BCUT2D eigenvalue weighted by molar-refractivity contribution is 5.87. The van der Waals surface area contributed by atoms with Gasteiger partial charge in [-0.3, -0.25) is 0 Å². The Kier molecular flexibility index (Phi) is 4.74. The van der Waals surface area contributed by atoms with E-state index in [4.69, 9.17) is 4.74 Å². The zero-order valence-corrected chi connectivity index (χ0v) is 14.3. The fourth-order valence-corrected chi connectivity index (χ4v) is 2.64. The molecule has 0 aliphatic rings. The van der Waals surface area contributed by atoms with Crippen LogP contribution in [0.4, 0.5) is 4.39 Å². The molecule has 0 fully saturated rings. The molecule has 0 saturated carbocycles. The van der Waals surface area contributed by atoms with Crippen molar-refractivity contribution in [2.45, 2.75) is 33.0 Å². The van der Waals surface area contributed by atoms with Crippen LogP contribution in [0.25, 0.3) is 22.4 Å². The molecule has 0 amide bonds. The highest BCUT2D eigenvalue weighted by atomic mass is 19.1. The van der Waals surface area contributed by atoms with Crippen molar-refractivity contribution in [2.24, 2.45) is 0 Å². The summed E-state index contributed by atoms with van der Waals surface area (Å²) in [7, 11) is 0. The maximum atomic E-state index is 14.3. The fourth-order valence-electron chi connectivity index (χ4n) is 2.64. The lowest BCUT2D eigenvalue weighted by molar-refractivity contribution is -0.149. The number of alkyl halides is 1. The zero-order valence-electron chi connectivity index (χ0n) is 14.3. The minimum Gasteiger partial charge on any atom is -0.464 e. The van der Waals surface area contributed by atoms with Crippen LogP contribution in [0.2, 0.25) is 0 Å². The van der Waals surface area contributed by atoms with Gasteiger partial charge in [-0.15, -0.1) is 0 Å². The standard InChI is InChI=1S/C18H19FN4O2/c1-4-25-18(24)14(19)12-6-5-7-13(8-12)15-16-17(21-9-20-15)23(10-22-16)11(2)3/h5-11,14H,4H2,1-3H3/t14-/m0/s1. The topological polar surface area (TPSA) is 69.9 Å². The fraction of sp³-hybridized carbons (Fsp3) is 0.333. The molecule has 0 saturated heterocycles. The first kappa shape index (κ1) is 17.0. The van der Waals surface area contributed by atoms with E-state index in [1.807, 2.05) is 18.4 Å². The molecule has 0 unspecified atom stereocenters. The van der Waals surface area contributed by atoms with Crippen molar-refractivity contribution in [2.75, 3.05) is 6.61 Å². The normalized spacial score (nSPS) is 12.5. The molecule has 25 heavy (non-hydrogen) atoms. The van der Waals surface area contributed by atoms with Gasteiger partial charge in [0.05, 0.1) is 12.9 Å². The van der Waals surface area contributed by atoms with E-state index in [9.17, 15) is 9.18 Å². The number of carbonyl (C=O) groups is 1. The summed E-state index contributed by atoms with van der Waals surface area (Å²) in [4.78, 5) is 24.7. The van der Waals surface area contributed by atoms with Gasteiger partial charge in [0.2, 0.25) is 6.17 Å². The number of rotatable bonds is 5. The predicted octanol–water partition coefficient (Wildman–Crippen LogP) is 3.65. The Morgan fingerprint density at radius 2 is 2.08 bits per heavy atom. The molecule has 0 spiro atoms. The summed E-state index contributed by atoms with van der Waals surface area (Å²) >= 11 is 0. The average Bonchev–Trinajstić information content (AvgIpc) is 3.05. The van der Waals surface area contributed by atoms with E-state index in [1.54, 1.807) is 37.5 Å². The van der Waals surface area contributed by atoms with Gasteiger partial charge in [0.15, 0.2) is 5.65 Å². The van der Waals surface area contributed by atoms with Crippen LogP contribution in [0.5, 0.6) is 0 Å². The zero-order chi connectivity index (χ0) is 18.0. The van der Waals surface area contributed by atoms with Gasteiger partial charge in [-0.1, -0.05) is 18.2 Å². The summed E-state index contributed by atoms with van der Waals surface area (Å²) < 4.78 is 21.0. The van der Waals surface area contributed by atoms with Crippen LogP contribution in [0.1, 0.15) is 38.5 Å². The van der Waals surface area contributed by atoms with Crippen LogP contribution in [-0.2, 0) is 9.53 Å². The molecule has 2 aromatic heterocycles. The van der Waals surface area contributed by atoms with Crippen LogP contribution in [0.15, 0.2) is 36.9 Å². The first-order chi connectivity index (χ1) is 12.0. The molecule has 1 aromatic carbocycles. The second-order valence-corrected chi connectivity index (χ2v) is 5.88. The van der Waals surface area contributed by atoms with Gasteiger partial charge in [-0.25, -0.2) is 24.1 Å². The number of nitrogens with zero attached hydrogens (tertiary/aromatic N) is 4. The van der Waals surface area contributed by atoms with Gasteiger partial charge in [-0.2, -0.15) is 0 Å². The predicted molar refractivity (Wildman–Crippen MR) is 91.6 cm³/mol. The number of carbonyl (C=O) groups excluding carboxylic acids is 1. The number of imidazole rings is 1. The molecule has 0 aliphatic heterocycles. The van der Waals surface area contributed by atoms with E-state index >= 15 is 0 Å². The van der Waals surface area contributed by atoms with E-state index in [-0.39, 0.29) is 18.2 Å². The van der Waals surface area contributed by atoms with Crippen LogP contribution in [0, 0.1) is 0 Å². The monoisotopic (exact) mass is 342 g/mol. The summed E-state index contributed by atoms with van der Waals surface area (Å²) in [6.45, 7) is 5.86. The summed E-state index contributed by atoms with van der Waals surface area (Å²) in [5.41, 5.74) is 2.85. The molecular weight excluding hydrogens is 323 g/mol. The lowest BCUT2D eigenvalue weighted by atomic mass is 10.0. The lowest BCUT2D eigenvalue weighted by Gasteiger charge is -2.10. The number of fused-ring (bicyclic) bond motifs is 1. The molecule has 3 rings (SSSR count). The Morgan fingerprint density at radius 1 is 1.28 bits per heavy atom. The van der Waals surface area contributed by atoms with Crippen LogP contribution in [-0.4, -0.2) is 32.1 Å². The van der Waals surface area contributed by atoms with Crippen molar-refractivity contribution >= 4 is 17.1 Å². The van der Waals surface area contributed by atoms with Crippen molar-refractivity contribution in [1.82, 2.24) is 19.5 Å². The maximum absolute atomic E-state index is 14.3. The lowest BCUT2D eigenvalue weighted by Crippen LogP contribution is -2.11. The first-order valence-electron chi connectivity index (χ1n) is 8.11. The molecule has 7 heteroatoms. The first-order valence-corrected chi connectivity index (χ1v) is 8.11. The van der Waals surface area contributed by atoms with Gasteiger partial charge in [0, 0.05) is 11.6 Å². The smallest absolute Gasteiger partial charge is 0.345 e. The molecule has 2 heterocycles. The number of halogens is 1. The van der Waals surface area contributed by atoms with E-state index in [0.717, 1.165) is 0 Å². The molecule has 0 radical (unpaired) electrons. The molecule has 3 aromatic rings. The largest absolute Gasteiger partial charge is 0.464 e. The number of esters is 1. The SMILES string of the molecule is CCOC(=O)[C@@H](F)c1cccc(-c2ncnc3c2ncn3C(C)C)c1. The minimum absolute atomic E-state index is 0.137. The minimum atomic E-state index is -1.83.